The number of hydrogen-bond donors (Lipinski definition) is 1. The zero-order valence-electron chi connectivity index (χ0n) is 18.4. The predicted molar refractivity (Wildman–Crippen MR) is 123 cm³/mol. The zero-order valence-corrected chi connectivity index (χ0v) is 19.2. The predicted octanol–water partition coefficient (Wildman–Crippen LogP) is 5.75. The molecule has 0 radical (unpaired) electrons. The molecule has 1 atom stereocenters. The van der Waals surface area contributed by atoms with Gasteiger partial charge in [0.25, 0.3) is 5.89 Å². The molecular formula is C24H25FN4O2S. The van der Waals surface area contributed by atoms with Crippen LogP contribution in [0, 0.1) is 11.7 Å². The molecule has 2 aromatic carbocycles. The van der Waals surface area contributed by atoms with Crippen molar-refractivity contribution in [2.45, 2.75) is 31.7 Å². The Labute approximate surface area is 190 Å². The lowest BCUT2D eigenvalue weighted by Crippen LogP contribution is -2.47. The highest BCUT2D eigenvalue weighted by atomic mass is 32.2. The second kappa shape index (κ2) is 9.16. The highest BCUT2D eigenvalue weighted by molar-refractivity contribution is 7.98. The summed E-state index contributed by atoms with van der Waals surface area (Å²) in [5.41, 5.74) is 2.82. The number of rotatable bonds is 6. The largest absolute Gasteiger partial charge is 0.334 e. The number of allylic oxidation sites excluding steroid dienone is 1. The number of aromatic nitrogens is 2. The third kappa shape index (κ3) is 4.41. The standard InChI is InChI=1S/C24H25FN4O2S/c1-14(2)13-29-15(3)20(21(26-24(29)30)17-6-5-7-18(25)12-17)23-27-22(28-31-23)16-8-10-19(32-4)11-9-16/h5-12,14,21H,13H2,1-4H3,(H,26,30). The fraction of sp³-hybridized carbons (Fsp3) is 0.292. The van der Waals surface area contributed by atoms with Crippen molar-refractivity contribution in [3.8, 4) is 11.4 Å². The number of carbonyl (C=O) groups excluding carboxylic acids is 1. The van der Waals surface area contributed by atoms with Gasteiger partial charge in [-0.25, -0.2) is 9.18 Å². The first-order valence-electron chi connectivity index (χ1n) is 10.4. The minimum atomic E-state index is -0.603. The molecule has 1 aliphatic rings. The van der Waals surface area contributed by atoms with Crippen molar-refractivity contribution in [2.75, 3.05) is 12.8 Å². The molecule has 8 heteroatoms. The van der Waals surface area contributed by atoms with Crippen LogP contribution in [0.1, 0.15) is 38.3 Å². The van der Waals surface area contributed by atoms with Gasteiger partial charge in [-0.3, -0.25) is 4.90 Å². The highest BCUT2D eigenvalue weighted by Crippen LogP contribution is 2.37. The molecule has 1 aromatic heterocycles. The van der Waals surface area contributed by atoms with Gasteiger partial charge in [0.05, 0.1) is 11.6 Å². The van der Waals surface area contributed by atoms with Crippen LogP contribution in [0.25, 0.3) is 17.0 Å². The van der Waals surface area contributed by atoms with Crippen LogP contribution in [0.5, 0.6) is 0 Å². The smallest absolute Gasteiger partial charge is 0.322 e. The Hall–Kier alpha value is -3.13. The van der Waals surface area contributed by atoms with Gasteiger partial charge in [0.15, 0.2) is 0 Å². The fourth-order valence-corrected chi connectivity index (χ4v) is 4.18. The molecule has 32 heavy (non-hydrogen) atoms. The van der Waals surface area contributed by atoms with Gasteiger partial charge < -0.3 is 9.84 Å². The van der Waals surface area contributed by atoms with Crippen molar-refractivity contribution in [3.05, 3.63) is 71.5 Å². The van der Waals surface area contributed by atoms with E-state index in [9.17, 15) is 9.18 Å². The monoisotopic (exact) mass is 452 g/mol. The Kier molecular flexibility index (Phi) is 6.32. The lowest BCUT2D eigenvalue weighted by molar-refractivity contribution is 0.199. The molecule has 0 spiro atoms. The lowest BCUT2D eigenvalue weighted by atomic mass is 9.94. The first-order valence-corrected chi connectivity index (χ1v) is 11.6. The Balaban J connectivity index is 1.79. The molecule has 1 unspecified atom stereocenters. The minimum Gasteiger partial charge on any atom is -0.334 e. The SMILES string of the molecule is CSc1ccc(-c2noc(C3=C(C)N(CC(C)C)C(=O)NC3c3cccc(F)c3)n2)cc1. The van der Waals surface area contributed by atoms with Crippen LogP contribution in [0.4, 0.5) is 9.18 Å². The molecule has 166 valence electrons. The number of halogens is 1. The molecule has 2 amide bonds. The van der Waals surface area contributed by atoms with E-state index in [1.807, 2.05) is 51.3 Å². The second-order valence-electron chi connectivity index (χ2n) is 8.09. The summed E-state index contributed by atoms with van der Waals surface area (Å²) in [5.74, 6) is 0.641. The van der Waals surface area contributed by atoms with Crippen LogP contribution in [0.3, 0.4) is 0 Å². The molecule has 0 fully saturated rings. The highest BCUT2D eigenvalue weighted by Gasteiger charge is 2.36. The van der Waals surface area contributed by atoms with E-state index in [4.69, 9.17) is 4.52 Å². The summed E-state index contributed by atoms with van der Waals surface area (Å²) in [7, 11) is 0. The van der Waals surface area contributed by atoms with Crippen molar-refractivity contribution < 1.29 is 13.7 Å². The van der Waals surface area contributed by atoms with Gasteiger partial charge in [0.2, 0.25) is 5.82 Å². The summed E-state index contributed by atoms with van der Waals surface area (Å²) < 4.78 is 19.6. The van der Waals surface area contributed by atoms with Crippen LogP contribution in [-0.4, -0.2) is 33.9 Å². The van der Waals surface area contributed by atoms with Crippen molar-refractivity contribution in [1.82, 2.24) is 20.4 Å². The van der Waals surface area contributed by atoms with Gasteiger partial charge in [-0.05, 0) is 61.1 Å². The maximum Gasteiger partial charge on any atom is 0.322 e. The third-order valence-corrected chi connectivity index (χ3v) is 6.07. The van der Waals surface area contributed by atoms with E-state index in [0.717, 1.165) is 10.5 Å². The number of hydrogen-bond acceptors (Lipinski definition) is 5. The normalized spacial score (nSPS) is 16.6. The van der Waals surface area contributed by atoms with E-state index < -0.39 is 6.04 Å². The average molecular weight is 453 g/mol. The number of benzene rings is 2. The van der Waals surface area contributed by atoms with E-state index in [1.165, 1.54) is 12.1 Å². The van der Waals surface area contributed by atoms with E-state index in [2.05, 4.69) is 15.5 Å². The molecule has 1 N–H and O–H groups in total. The second-order valence-corrected chi connectivity index (χ2v) is 8.97. The Morgan fingerprint density at radius 3 is 2.62 bits per heavy atom. The summed E-state index contributed by atoms with van der Waals surface area (Å²) in [6, 6.07) is 13.2. The summed E-state index contributed by atoms with van der Waals surface area (Å²) in [4.78, 5) is 20.3. The van der Waals surface area contributed by atoms with Crippen molar-refractivity contribution in [3.63, 3.8) is 0 Å². The Morgan fingerprint density at radius 1 is 1.22 bits per heavy atom. The molecule has 0 saturated heterocycles. The van der Waals surface area contributed by atoms with Crippen molar-refractivity contribution in [2.24, 2.45) is 5.92 Å². The molecule has 6 nitrogen and oxygen atoms in total. The summed E-state index contributed by atoms with van der Waals surface area (Å²) in [5, 5.41) is 7.16. The number of nitrogens with one attached hydrogen (secondary N) is 1. The van der Waals surface area contributed by atoms with Gasteiger partial charge in [-0.15, -0.1) is 11.8 Å². The molecule has 1 aliphatic heterocycles. The molecule has 3 aromatic rings. The van der Waals surface area contributed by atoms with E-state index in [-0.39, 0.29) is 17.8 Å². The number of amides is 2. The summed E-state index contributed by atoms with van der Waals surface area (Å²) in [6.07, 6.45) is 2.02. The Bertz CT molecular complexity index is 1160. The van der Waals surface area contributed by atoms with Crippen LogP contribution in [-0.2, 0) is 0 Å². The molecule has 0 saturated carbocycles. The number of nitrogens with zero attached hydrogens (tertiary/aromatic N) is 3. The van der Waals surface area contributed by atoms with Gasteiger partial charge in [0.1, 0.15) is 5.82 Å². The average Bonchev–Trinajstić information content (AvgIpc) is 3.26. The summed E-state index contributed by atoms with van der Waals surface area (Å²) >= 11 is 1.66. The van der Waals surface area contributed by atoms with Gasteiger partial charge in [0, 0.05) is 22.7 Å². The molecule has 0 bridgehead atoms. The first-order chi connectivity index (χ1) is 15.4. The minimum absolute atomic E-state index is 0.235. The maximum absolute atomic E-state index is 14.0. The lowest BCUT2D eigenvalue weighted by Gasteiger charge is -2.36. The zero-order chi connectivity index (χ0) is 22.8. The van der Waals surface area contributed by atoms with Crippen molar-refractivity contribution in [1.29, 1.82) is 0 Å². The quantitative estimate of drug-likeness (QED) is 0.482. The van der Waals surface area contributed by atoms with Crippen LogP contribution < -0.4 is 5.32 Å². The topological polar surface area (TPSA) is 71.3 Å². The Morgan fingerprint density at radius 2 is 1.97 bits per heavy atom. The van der Waals surface area contributed by atoms with Crippen LogP contribution in [0.2, 0.25) is 0 Å². The number of thioether (sulfide) groups is 1. The van der Waals surface area contributed by atoms with Gasteiger partial charge in [-0.2, -0.15) is 4.98 Å². The van der Waals surface area contributed by atoms with E-state index in [1.54, 1.807) is 28.8 Å². The first kappa shape index (κ1) is 22.1. The maximum atomic E-state index is 14.0. The third-order valence-electron chi connectivity index (χ3n) is 5.33. The fourth-order valence-electron chi connectivity index (χ4n) is 3.77. The van der Waals surface area contributed by atoms with Gasteiger partial charge in [-0.1, -0.05) is 31.1 Å². The van der Waals surface area contributed by atoms with Crippen molar-refractivity contribution >= 4 is 23.4 Å². The molecular weight excluding hydrogens is 427 g/mol. The number of urea groups is 1. The molecule has 2 heterocycles. The number of carbonyl (C=O) groups is 1. The van der Waals surface area contributed by atoms with Crippen LogP contribution >= 0.6 is 11.8 Å². The van der Waals surface area contributed by atoms with E-state index in [0.29, 0.717) is 35.1 Å². The van der Waals surface area contributed by atoms with E-state index >= 15 is 0 Å². The van der Waals surface area contributed by atoms with Crippen LogP contribution in [0.15, 0.2) is 63.6 Å². The molecule has 0 aliphatic carbocycles. The molecule has 4 rings (SSSR count). The summed E-state index contributed by atoms with van der Waals surface area (Å²) in [6.45, 7) is 6.48. The van der Waals surface area contributed by atoms with Gasteiger partial charge >= 0.3 is 6.03 Å².